The van der Waals surface area contributed by atoms with Crippen molar-refractivity contribution < 1.29 is 0 Å². The first kappa shape index (κ1) is 13.2. The monoisotopic (exact) mass is 224 g/mol. The zero-order valence-electron chi connectivity index (χ0n) is 10.7. The predicted molar refractivity (Wildman–Crippen MR) is 66.1 cm³/mol. The Morgan fingerprint density at radius 1 is 1.31 bits per heavy atom. The van der Waals surface area contributed by atoms with Crippen molar-refractivity contribution in [2.75, 3.05) is 0 Å². The number of hydrogen-bond acceptors (Lipinski definition) is 3. The van der Waals surface area contributed by atoms with Gasteiger partial charge >= 0.3 is 0 Å². The lowest BCUT2D eigenvalue weighted by atomic mass is 10.2. The summed E-state index contributed by atoms with van der Waals surface area (Å²) in [7, 11) is 0. The van der Waals surface area contributed by atoms with E-state index in [0.717, 1.165) is 18.9 Å². The minimum absolute atomic E-state index is 0.491. The van der Waals surface area contributed by atoms with Crippen LogP contribution >= 0.6 is 0 Å². The molecule has 0 saturated heterocycles. The third kappa shape index (κ3) is 4.75. The van der Waals surface area contributed by atoms with Crippen molar-refractivity contribution in [1.82, 2.24) is 20.1 Å². The number of aromatic nitrogens is 3. The molecule has 0 spiro atoms. The average molecular weight is 224 g/mol. The molecule has 0 amide bonds. The van der Waals surface area contributed by atoms with E-state index in [1.165, 1.54) is 25.7 Å². The Bertz CT molecular complexity index is 280. The first-order chi connectivity index (χ1) is 7.74. The van der Waals surface area contributed by atoms with Crippen molar-refractivity contribution in [3.63, 3.8) is 0 Å². The van der Waals surface area contributed by atoms with Crippen LogP contribution in [0.25, 0.3) is 0 Å². The lowest BCUT2D eigenvalue weighted by molar-refractivity contribution is 0.493. The zero-order chi connectivity index (χ0) is 11.8. The van der Waals surface area contributed by atoms with Crippen LogP contribution in [0.15, 0.2) is 6.33 Å². The third-order valence-corrected chi connectivity index (χ3v) is 2.59. The molecule has 0 radical (unpaired) electrons. The first-order valence-electron chi connectivity index (χ1n) is 6.34. The van der Waals surface area contributed by atoms with Gasteiger partial charge in [0.25, 0.3) is 0 Å². The van der Waals surface area contributed by atoms with E-state index in [4.69, 9.17) is 0 Å². The molecular weight excluding hydrogens is 200 g/mol. The van der Waals surface area contributed by atoms with Gasteiger partial charge in [-0.05, 0) is 6.42 Å². The second-order valence-corrected chi connectivity index (χ2v) is 4.50. The van der Waals surface area contributed by atoms with Crippen LogP contribution in [-0.4, -0.2) is 20.8 Å². The number of nitrogens with one attached hydrogen (secondary N) is 1. The van der Waals surface area contributed by atoms with Crippen LogP contribution in [0.2, 0.25) is 0 Å². The average Bonchev–Trinajstić information content (AvgIpc) is 2.69. The molecule has 4 heteroatoms. The standard InChI is InChI=1S/C12H24N4/c1-4-5-6-7-8-16-12(14-10-15-16)9-13-11(2)3/h10-11,13H,4-9H2,1-3H3. The summed E-state index contributed by atoms with van der Waals surface area (Å²) in [6.07, 6.45) is 6.73. The summed E-state index contributed by atoms with van der Waals surface area (Å²) in [4.78, 5) is 4.28. The van der Waals surface area contributed by atoms with E-state index in [0.29, 0.717) is 6.04 Å². The lowest BCUT2D eigenvalue weighted by Crippen LogP contribution is -2.24. The Morgan fingerprint density at radius 2 is 2.12 bits per heavy atom. The van der Waals surface area contributed by atoms with Gasteiger partial charge in [-0.2, -0.15) is 5.10 Å². The zero-order valence-corrected chi connectivity index (χ0v) is 10.7. The van der Waals surface area contributed by atoms with E-state index in [9.17, 15) is 0 Å². The van der Waals surface area contributed by atoms with E-state index in [1.807, 2.05) is 4.68 Å². The van der Waals surface area contributed by atoms with Gasteiger partial charge in [-0.1, -0.05) is 40.0 Å². The van der Waals surface area contributed by atoms with Crippen LogP contribution < -0.4 is 5.32 Å². The summed E-state index contributed by atoms with van der Waals surface area (Å²) in [5.74, 6) is 1.05. The second kappa shape index (κ2) is 7.39. The van der Waals surface area contributed by atoms with Crippen LogP contribution in [0.4, 0.5) is 0 Å². The van der Waals surface area contributed by atoms with Gasteiger partial charge in [0.2, 0.25) is 0 Å². The summed E-state index contributed by atoms with van der Waals surface area (Å²) in [6, 6.07) is 0.491. The highest BCUT2D eigenvalue weighted by molar-refractivity contribution is 4.84. The molecule has 92 valence electrons. The van der Waals surface area contributed by atoms with E-state index in [2.05, 4.69) is 36.2 Å². The van der Waals surface area contributed by atoms with E-state index in [-0.39, 0.29) is 0 Å². The Balaban J connectivity index is 2.32. The van der Waals surface area contributed by atoms with Crippen molar-refractivity contribution >= 4 is 0 Å². The minimum Gasteiger partial charge on any atom is -0.308 e. The highest BCUT2D eigenvalue weighted by Crippen LogP contribution is 2.03. The van der Waals surface area contributed by atoms with Crippen LogP contribution in [0, 0.1) is 0 Å². The summed E-state index contributed by atoms with van der Waals surface area (Å²) < 4.78 is 2.02. The Hall–Kier alpha value is -0.900. The van der Waals surface area contributed by atoms with E-state index < -0.39 is 0 Å². The Morgan fingerprint density at radius 3 is 2.81 bits per heavy atom. The molecule has 0 aliphatic heterocycles. The molecule has 1 N–H and O–H groups in total. The highest BCUT2D eigenvalue weighted by atomic mass is 15.3. The fraction of sp³-hybridized carbons (Fsp3) is 0.833. The minimum atomic E-state index is 0.491. The van der Waals surface area contributed by atoms with Crippen LogP contribution in [-0.2, 0) is 13.1 Å². The Kier molecular flexibility index (Phi) is 6.08. The molecular formula is C12H24N4. The van der Waals surface area contributed by atoms with Gasteiger partial charge in [0.1, 0.15) is 12.2 Å². The van der Waals surface area contributed by atoms with Crippen LogP contribution in [0.5, 0.6) is 0 Å². The summed E-state index contributed by atoms with van der Waals surface area (Å²) in [5, 5.41) is 7.62. The molecule has 0 aliphatic rings. The van der Waals surface area contributed by atoms with Gasteiger partial charge in [0.05, 0.1) is 6.54 Å². The van der Waals surface area contributed by atoms with Crippen molar-refractivity contribution in [1.29, 1.82) is 0 Å². The second-order valence-electron chi connectivity index (χ2n) is 4.50. The topological polar surface area (TPSA) is 42.7 Å². The molecule has 0 unspecified atom stereocenters. The molecule has 0 aromatic carbocycles. The first-order valence-corrected chi connectivity index (χ1v) is 6.34. The molecule has 1 heterocycles. The molecule has 0 aliphatic carbocycles. The third-order valence-electron chi connectivity index (χ3n) is 2.59. The lowest BCUT2D eigenvalue weighted by Gasteiger charge is -2.09. The van der Waals surface area contributed by atoms with Crippen molar-refractivity contribution in [2.45, 2.75) is 65.6 Å². The molecule has 1 aromatic heterocycles. The quantitative estimate of drug-likeness (QED) is 0.689. The number of hydrogen-bond donors (Lipinski definition) is 1. The van der Waals surface area contributed by atoms with Gasteiger partial charge in [0, 0.05) is 12.6 Å². The molecule has 0 fully saturated rings. The fourth-order valence-electron chi connectivity index (χ4n) is 1.60. The van der Waals surface area contributed by atoms with Gasteiger partial charge in [-0.25, -0.2) is 9.67 Å². The van der Waals surface area contributed by atoms with Gasteiger partial charge in [-0.15, -0.1) is 0 Å². The normalized spacial score (nSPS) is 11.2. The maximum absolute atomic E-state index is 4.28. The van der Waals surface area contributed by atoms with Crippen LogP contribution in [0.3, 0.4) is 0 Å². The van der Waals surface area contributed by atoms with Crippen molar-refractivity contribution in [2.24, 2.45) is 0 Å². The number of rotatable bonds is 8. The largest absolute Gasteiger partial charge is 0.308 e. The maximum atomic E-state index is 4.28. The van der Waals surface area contributed by atoms with Gasteiger partial charge < -0.3 is 5.32 Å². The van der Waals surface area contributed by atoms with Crippen molar-refractivity contribution in [3.05, 3.63) is 12.2 Å². The van der Waals surface area contributed by atoms with Crippen molar-refractivity contribution in [3.8, 4) is 0 Å². The maximum Gasteiger partial charge on any atom is 0.140 e. The number of aryl methyl sites for hydroxylation is 1. The smallest absolute Gasteiger partial charge is 0.140 e. The van der Waals surface area contributed by atoms with Gasteiger partial charge in [0.15, 0.2) is 0 Å². The fourth-order valence-corrected chi connectivity index (χ4v) is 1.60. The van der Waals surface area contributed by atoms with Gasteiger partial charge in [-0.3, -0.25) is 0 Å². The predicted octanol–water partition coefficient (Wildman–Crippen LogP) is 2.36. The SMILES string of the molecule is CCCCCCn1ncnc1CNC(C)C. The number of nitrogens with zero attached hydrogens (tertiary/aromatic N) is 3. The molecule has 16 heavy (non-hydrogen) atoms. The number of unbranched alkanes of at least 4 members (excludes halogenated alkanes) is 3. The molecule has 4 nitrogen and oxygen atoms in total. The van der Waals surface area contributed by atoms with Crippen LogP contribution in [0.1, 0.15) is 52.3 Å². The molecule has 1 aromatic rings. The Labute approximate surface area is 98.5 Å². The summed E-state index contributed by atoms with van der Waals surface area (Å²) in [5.41, 5.74) is 0. The van der Waals surface area contributed by atoms with E-state index in [1.54, 1.807) is 6.33 Å². The molecule has 0 saturated carbocycles. The molecule has 1 rings (SSSR count). The summed E-state index contributed by atoms with van der Waals surface area (Å²) in [6.45, 7) is 8.32. The van der Waals surface area contributed by atoms with E-state index >= 15 is 0 Å². The molecule has 0 bridgehead atoms. The molecule has 0 atom stereocenters. The summed E-state index contributed by atoms with van der Waals surface area (Å²) >= 11 is 0. The highest BCUT2D eigenvalue weighted by Gasteiger charge is 2.04.